The van der Waals surface area contributed by atoms with Crippen LogP contribution in [0.3, 0.4) is 0 Å². The second kappa shape index (κ2) is 4.29. The number of hydrogen-bond acceptors (Lipinski definition) is 0. The number of benzene rings is 1. The van der Waals surface area contributed by atoms with E-state index in [1.54, 1.807) is 4.35 Å². The Morgan fingerprint density at radius 1 is 1.08 bits per heavy atom. The topological polar surface area (TPSA) is 0 Å². The van der Waals surface area contributed by atoms with E-state index in [-0.39, 0.29) is 0 Å². The van der Waals surface area contributed by atoms with Gasteiger partial charge in [-0.3, -0.25) is 0 Å². The molecule has 1 rings (SSSR count). The van der Waals surface area contributed by atoms with E-state index in [0.717, 1.165) is 0 Å². The van der Waals surface area contributed by atoms with Crippen LogP contribution in [0, 0.1) is 0 Å². The minimum absolute atomic E-state index is 0.441. The maximum absolute atomic E-state index is 2.45. The van der Waals surface area contributed by atoms with Crippen molar-refractivity contribution in [2.24, 2.45) is 0 Å². The fourth-order valence-electron chi connectivity index (χ4n) is 0.862. The molecule has 0 saturated heterocycles. The van der Waals surface area contributed by atoms with Crippen molar-refractivity contribution in [3.05, 3.63) is 30.3 Å². The molecule has 0 aliphatic rings. The van der Waals surface area contributed by atoms with Crippen molar-refractivity contribution in [2.45, 2.75) is 24.5 Å². The van der Waals surface area contributed by atoms with E-state index in [2.05, 4.69) is 50.0 Å². The molecule has 0 nitrogen and oxygen atoms in total. The standard InChI is InChI=1S/C10H16AsSi/c1-12(2,3)9-11-10-7-5-4-6-8-10/h4-8H,9H2,1-3H3. The zero-order chi connectivity index (χ0) is 9.03. The fourth-order valence-corrected chi connectivity index (χ4v) is 6.46. The van der Waals surface area contributed by atoms with Crippen molar-refractivity contribution in [1.29, 1.82) is 0 Å². The van der Waals surface area contributed by atoms with Crippen molar-refractivity contribution < 1.29 is 0 Å². The third-order valence-corrected chi connectivity index (χ3v) is 11.0. The molecule has 1 radical (unpaired) electrons. The first kappa shape index (κ1) is 10.1. The van der Waals surface area contributed by atoms with Crippen LogP contribution in [0.4, 0.5) is 0 Å². The van der Waals surface area contributed by atoms with E-state index in [1.165, 1.54) is 4.83 Å². The Kier molecular flexibility index (Phi) is 3.61. The molecule has 0 saturated carbocycles. The Hall–Kier alpha value is -0.00468. The van der Waals surface area contributed by atoms with Crippen molar-refractivity contribution in [3.63, 3.8) is 0 Å². The van der Waals surface area contributed by atoms with Gasteiger partial charge in [-0.1, -0.05) is 0 Å². The summed E-state index contributed by atoms with van der Waals surface area (Å²) in [5.74, 6) is 0. The van der Waals surface area contributed by atoms with Gasteiger partial charge in [0.15, 0.2) is 0 Å². The monoisotopic (exact) mass is 239 g/mol. The van der Waals surface area contributed by atoms with Crippen molar-refractivity contribution in [3.8, 4) is 0 Å². The summed E-state index contributed by atoms with van der Waals surface area (Å²) in [7, 11) is -0.798. The van der Waals surface area contributed by atoms with Crippen LogP contribution in [0.25, 0.3) is 0 Å². The van der Waals surface area contributed by atoms with E-state index in [0.29, 0.717) is 15.8 Å². The molecular formula is C10H16AsSi. The molecule has 0 N–H and O–H groups in total. The Morgan fingerprint density at radius 2 is 1.67 bits per heavy atom. The van der Waals surface area contributed by atoms with Gasteiger partial charge in [0.1, 0.15) is 0 Å². The molecule has 65 valence electrons. The molecule has 0 aliphatic heterocycles. The molecule has 0 amide bonds. The van der Waals surface area contributed by atoms with Gasteiger partial charge in [-0.25, -0.2) is 0 Å². The Balaban J connectivity index is 2.44. The van der Waals surface area contributed by atoms with Crippen LogP contribution >= 0.6 is 0 Å². The van der Waals surface area contributed by atoms with Crippen LogP contribution < -0.4 is 4.35 Å². The normalized spacial score (nSPS) is 12.6. The van der Waals surface area contributed by atoms with Gasteiger partial charge in [-0.05, 0) is 0 Å². The Morgan fingerprint density at radius 3 is 2.17 bits per heavy atom. The molecular weight excluding hydrogens is 223 g/mol. The van der Waals surface area contributed by atoms with Crippen molar-refractivity contribution >= 4 is 28.2 Å². The quantitative estimate of drug-likeness (QED) is 0.710. The van der Waals surface area contributed by atoms with Crippen LogP contribution in [-0.4, -0.2) is 23.8 Å². The van der Waals surface area contributed by atoms with Gasteiger partial charge in [0.25, 0.3) is 0 Å². The van der Waals surface area contributed by atoms with Gasteiger partial charge in [0.05, 0.1) is 0 Å². The first-order valence-corrected chi connectivity index (χ1v) is 10.3. The summed E-state index contributed by atoms with van der Waals surface area (Å²) in [4.78, 5) is 1.49. The van der Waals surface area contributed by atoms with Crippen LogP contribution in [0.5, 0.6) is 0 Å². The first-order chi connectivity index (χ1) is 5.58. The molecule has 0 heterocycles. The van der Waals surface area contributed by atoms with E-state index in [9.17, 15) is 0 Å². The minimum atomic E-state index is -0.798. The summed E-state index contributed by atoms with van der Waals surface area (Å²) in [6.07, 6.45) is 0. The van der Waals surface area contributed by atoms with Crippen LogP contribution in [0.1, 0.15) is 0 Å². The molecule has 0 aliphatic carbocycles. The summed E-state index contributed by atoms with van der Waals surface area (Å²) in [6.45, 7) is 7.35. The van der Waals surface area contributed by atoms with E-state index in [4.69, 9.17) is 0 Å². The van der Waals surface area contributed by atoms with Crippen LogP contribution in [0.15, 0.2) is 30.3 Å². The average molecular weight is 239 g/mol. The van der Waals surface area contributed by atoms with Crippen LogP contribution in [0.2, 0.25) is 24.5 Å². The van der Waals surface area contributed by atoms with Gasteiger partial charge >= 0.3 is 83.0 Å². The summed E-state index contributed by atoms with van der Waals surface area (Å²) in [6, 6.07) is 10.9. The van der Waals surface area contributed by atoms with Crippen molar-refractivity contribution in [1.82, 2.24) is 0 Å². The Labute approximate surface area is 83.1 Å². The van der Waals surface area contributed by atoms with Gasteiger partial charge in [0, 0.05) is 0 Å². The number of rotatable bonds is 3. The molecule has 0 bridgehead atoms. The first-order valence-electron chi connectivity index (χ1n) is 4.30. The Bertz CT molecular complexity index is 225. The summed E-state index contributed by atoms with van der Waals surface area (Å²) in [5, 5.41) is 0. The molecule has 0 spiro atoms. The third-order valence-electron chi connectivity index (χ3n) is 1.49. The fraction of sp³-hybridized carbons (Fsp3) is 0.400. The molecule has 0 unspecified atom stereocenters. The third kappa shape index (κ3) is 4.13. The summed E-state index contributed by atoms with van der Waals surface area (Å²) >= 11 is 0.441. The van der Waals surface area contributed by atoms with Gasteiger partial charge < -0.3 is 0 Å². The van der Waals surface area contributed by atoms with Gasteiger partial charge in [-0.2, -0.15) is 0 Å². The van der Waals surface area contributed by atoms with E-state index >= 15 is 0 Å². The molecule has 0 atom stereocenters. The predicted molar refractivity (Wildman–Crippen MR) is 60.0 cm³/mol. The summed E-state index contributed by atoms with van der Waals surface area (Å²) in [5.41, 5.74) is 0. The zero-order valence-electron chi connectivity index (χ0n) is 8.04. The van der Waals surface area contributed by atoms with Crippen LogP contribution in [-0.2, 0) is 0 Å². The van der Waals surface area contributed by atoms with Crippen molar-refractivity contribution in [2.75, 3.05) is 0 Å². The second-order valence-corrected chi connectivity index (χ2v) is 13.4. The maximum atomic E-state index is 2.45. The summed E-state index contributed by atoms with van der Waals surface area (Å²) < 4.78 is 1.58. The van der Waals surface area contributed by atoms with E-state index in [1.807, 2.05) is 0 Å². The predicted octanol–water partition coefficient (Wildman–Crippen LogP) is 2.31. The van der Waals surface area contributed by atoms with Gasteiger partial charge in [0.2, 0.25) is 0 Å². The average Bonchev–Trinajstić information content (AvgIpc) is 2.02. The van der Waals surface area contributed by atoms with Gasteiger partial charge in [-0.15, -0.1) is 0 Å². The molecule has 0 aromatic heterocycles. The zero-order valence-corrected chi connectivity index (χ0v) is 10.9. The number of hydrogen-bond donors (Lipinski definition) is 0. The SMILES string of the molecule is C[Si](C)(C)C[As]c1ccccc1. The molecule has 0 fully saturated rings. The van der Waals surface area contributed by atoms with E-state index < -0.39 is 8.07 Å². The molecule has 1 aromatic rings. The second-order valence-electron chi connectivity index (χ2n) is 4.21. The molecule has 12 heavy (non-hydrogen) atoms. The molecule has 2 heteroatoms. The molecule has 1 aromatic carbocycles.